The van der Waals surface area contributed by atoms with Crippen LogP contribution < -0.4 is 30.7 Å². The number of rotatable bonds is 18. The molecule has 3 saturated heterocycles. The van der Waals surface area contributed by atoms with E-state index in [1.165, 1.54) is 38.5 Å². The van der Waals surface area contributed by atoms with Crippen molar-refractivity contribution in [3.8, 4) is 84.4 Å². The Morgan fingerprint density at radius 2 is 0.932 bits per heavy atom. The Labute approximate surface area is 512 Å². The van der Waals surface area contributed by atoms with Crippen LogP contribution in [0.5, 0.6) is 17.2 Å². The Hall–Kier alpha value is -9.00. The molecule has 0 bridgehead atoms. The van der Waals surface area contributed by atoms with Crippen molar-refractivity contribution in [1.82, 2.24) is 91.7 Å². The first kappa shape index (κ1) is 59.3. The van der Waals surface area contributed by atoms with E-state index in [-0.39, 0.29) is 17.2 Å². The standard InChI is InChI=1S/C22H27N7O.C21H25N7O.C21H27N7O/c1-28-14-17(11-25-28)16-5-6-19(21(30)9-16)20-12-24-22(27-26-20)29-8-7-15(13-29)10-23-18-3-2-4-18;29-20-8-15(16-10-24-25-11-16)4-5-18(20)19-12-23-21(27-26-19)28-7-6-14(13-28)9-22-17-2-1-3-17;1-13(2)25-14(3)16-6-7-28(12-16)21-22-11-19(26-27-21)18-5-4-15(8-20(18)29)17-9-23-24-10-17/h5-6,9,11-12,14-15,18,23,30H,2-4,7-8,10,13H2,1H3;4-5,8,10-12,14,17,22,29H,1-3,6-7,9,13H2,(H,24,25);4-5,8-11,13-14,16,25,29H,6-7,12H2,1-3H3,(H,23,24). The molecule has 88 heavy (non-hydrogen) atoms. The summed E-state index contributed by atoms with van der Waals surface area (Å²) in [5, 5.41) is 85.9. The molecular weight excluding hydrogens is 1110 g/mol. The van der Waals surface area contributed by atoms with Crippen molar-refractivity contribution in [2.24, 2.45) is 24.8 Å². The van der Waals surface area contributed by atoms with Crippen LogP contribution in [0.4, 0.5) is 17.8 Å². The predicted octanol–water partition coefficient (Wildman–Crippen LogP) is 8.06. The van der Waals surface area contributed by atoms with Gasteiger partial charge in [0.25, 0.3) is 0 Å². The van der Waals surface area contributed by atoms with Crippen LogP contribution in [0.3, 0.4) is 0 Å². The number of H-pyrrole nitrogens is 2. The minimum absolute atomic E-state index is 0.141. The normalized spacial score (nSPS) is 18.8. The zero-order valence-corrected chi connectivity index (χ0v) is 50.5. The largest absolute Gasteiger partial charge is 0.507 e. The van der Waals surface area contributed by atoms with Crippen molar-refractivity contribution in [2.75, 3.05) is 67.1 Å². The van der Waals surface area contributed by atoms with E-state index in [1.807, 2.05) is 49.6 Å². The maximum absolute atomic E-state index is 10.5. The van der Waals surface area contributed by atoms with Gasteiger partial charge in [-0.3, -0.25) is 14.9 Å². The van der Waals surface area contributed by atoms with Crippen LogP contribution in [0.2, 0.25) is 0 Å². The number of nitrogens with one attached hydrogen (secondary N) is 5. The average Bonchev–Trinajstić information content (AvgIpc) is 2.01. The minimum Gasteiger partial charge on any atom is -0.507 e. The number of aryl methyl sites for hydroxylation is 1. The third kappa shape index (κ3) is 14.4. The number of hydrogen-bond acceptors (Lipinski definition) is 21. The van der Waals surface area contributed by atoms with Gasteiger partial charge in [0.1, 0.15) is 34.3 Å². The fraction of sp³-hybridized carbons (Fsp3) is 0.438. The van der Waals surface area contributed by atoms with Crippen molar-refractivity contribution in [3.63, 3.8) is 0 Å². The lowest BCUT2D eigenvalue weighted by molar-refractivity contribution is 0.321. The Bertz CT molecular complexity index is 3670. The first-order valence-corrected chi connectivity index (χ1v) is 31.0. The molecule has 9 aromatic rings. The summed E-state index contributed by atoms with van der Waals surface area (Å²) >= 11 is 0. The molecular formula is C64H79N21O3. The predicted molar refractivity (Wildman–Crippen MR) is 338 cm³/mol. The summed E-state index contributed by atoms with van der Waals surface area (Å²) in [4.78, 5) is 20.1. The molecule has 5 aliphatic rings. The molecule has 2 saturated carbocycles. The molecule has 9 heterocycles. The first-order valence-electron chi connectivity index (χ1n) is 31.0. The third-order valence-corrected chi connectivity index (χ3v) is 17.7. The zero-order valence-electron chi connectivity index (χ0n) is 50.5. The summed E-state index contributed by atoms with van der Waals surface area (Å²) in [6.45, 7) is 14.4. The second-order valence-corrected chi connectivity index (χ2v) is 24.4. The minimum atomic E-state index is 0.141. The highest BCUT2D eigenvalue weighted by molar-refractivity contribution is 5.76. The molecule has 0 spiro atoms. The molecule has 4 unspecified atom stereocenters. The Balaban J connectivity index is 0.000000129. The van der Waals surface area contributed by atoms with E-state index < -0.39 is 0 Å². The lowest BCUT2D eigenvalue weighted by Crippen LogP contribution is -2.39. The van der Waals surface area contributed by atoms with Gasteiger partial charge >= 0.3 is 0 Å². The number of phenols is 3. The molecule has 0 radical (unpaired) electrons. The van der Waals surface area contributed by atoms with E-state index in [2.05, 4.69) is 122 Å². The number of nitrogens with zero attached hydrogens (tertiary/aromatic N) is 16. The first-order chi connectivity index (χ1) is 42.9. The van der Waals surface area contributed by atoms with E-state index in [4.69, 9.17) is 0 Å². The van der Waals surface area contributed by atoms with E-state index in [9.17, 15) is 15.3 Å². The van der Waals surface area contributed by atoms with Crippen molar-refractivity contribution in [1.29, 1.82) is 0 Å². The van der Waals surface area contributed by atoms with Gasteiger partial charge in [-0.2, -0.15) is 15.3 Å². The summed E-state index contributed by atoms with van der Waals surface area (Å²) < 4.78 is 1.74. The molecule has 458 valence electrons. The van der Waals surface area contributed by atoms with Gasteiger partial charge in [-0.25, -0.2) is 15.0 Å². The molecule has 3 aromatic carbocycles. The van der Waals surface area contributed by atoms with Crippen LogP contribution in [-0.4, -0.2) is 168 Å². The van der Waals surface area contributed by atoms with Crippen LogP contribution in [-0.2, 0) is 7.05 Å². The van der Waals surface area contributed by atoms with Crippen LogP contribution in [0.1, 0.15) is 78.6 Å². The van der Waals surface area contributed by atoms with Gasteiger partial charge in [0.2, 0.25) is 17.8 Å². The molecule has 5 fully saturated rings. The molecule has 24 heteroatoms. The van der Waals surface area contributed by atoms with Crippen LogP contribution in [0, 0.1) is 17.8 Å². The van der Waals surface area contributed by atoms with E-state index in [0.29, 0.717) is 81.5 Å². The molecule has 8 N–H and O–H groups in total. The number of anilines is 3. The summed E-state index contributed by atoms with van der Waals surface area (Å²) in [6, 6.07) is 18.8. The fourth-order valence-corrected chi connectivity index (χ4v) is 12.1. The zero-order chi connectivity index (χ0) is 60.5. The van der Waals surface area contributed by atoms with Gasteiger partial charge in [0, 0.05) is 122 Å². The lowest BCUT2D eigenvalue weighted by Gasteiger charge is -2.28. The van der Waals surface area contributed by atoms with Crippen LogP contribution >= 0.6 is 0 Å². The highest BCUT2D eigenvalue weighted by atomic mass is 16.3. The number of aromatic hydroxyl groups is 3. The summed E-state index contributed by atoms with van der Waals surface area (Å²) in [5.74, 6) is 4.26. The fourth-order valence-electron chi connectivity index (χ4n) is 12.1. The van der Waals surface area contributed by atoms with Gasteiger partial charge in [-0.05, 0) is 136 Å². The van der Waals surface area contributed by atoms with Gasteiger partial charge < -0.3 is 46.0 Å². The second kappa shape index (κ2) is 27.4. The monoisotopic (exact) mass is 1190 g/mol. The van der Waals surface area contributed by atoms with Crippen molar-refractivity contribution < 1.29 is 15.3 Å². The average molecular weight is 1190 g/mol. The highest BCUT2D eigenvalue weighted by Gasteiger charge is 2.31. The molecule has 24 nitrogen and oxygen atoms in total. The van der Waals surface area contributed by atoms with Crippen molar-refractivity contribution in [3.05, 3.63) is 110 Å². The second-order valence-electron chi connectivity index (χ2n) is 24.4. The number of aromatic nitrogens is 15. The molecule has 14 rings (SSSR count). The maximum Gasteiger partial charge on any atom is 0.245 e. The topological polar surface area (TPSA) is 298 Å². The van der Waals surface area contributed by atoms with Crippen LogP contribution in [0.25, 0.3) is 67.2 Å². The van der Waals surface area contributed by atoms with E-state index in [0.717, 1.165) is 117 Å². The van der Waals surface area contributed by atoms with Crippen molar-refractivity contribution >= 4 is 17.8 Å². The van der Waals surface area contributed by atoms with Crippen LogP contribution in [0.15, 0.2) is 110 Å². The van der Waals surface area contributed by atoms with Gasteiger partial charge in [-0.15, -0.1) is 30.6 Å². The number of phenolic OH excluding ortho intramolecular Hbond substituents is 3. The number of benzene rings is 3. The maximum atomic E-state index is 10.5. The quantitative estimate of drug-likeness (QED) is 0.0403. The Morgan fingerprint density at radius 1 is 0.500 bits per heavy atom. The van der Waals surface area contributed by atoms with E-state index >= 15 is 0 Å². The molecule has 3 aliphatic heterocycles. The third-order valence-electron chi connectivity index (χ3n) is 17.7. The van der Waals surface area contributed by atoms with Gasteiger partial charge in [0.05, 0.1) is 37.2 Å². The van der Waals surface area contributed by atoms with Gasteiger partial charge in [0.15, 0.2) is 0 Å². The van der Waals surface area contributed by atoms with E-state index in [1.54, 1.807) is 72.5 Å². The summed E-state index contributed by atoms with van der Waals surface area (Å²) in [5.41, 5.74) is 8.98. The van der Waals surface area contributed by atoms with Crippen molar-refractivity contribution in [2.45, 2.75) is 103 Å². The molecule has 0 amide bonds. The Kier molecular flexibility index (Phi) is 18.5. The molecule has 4 atom stereocenters. The molecule has 2 aliphatic carbocycles. The Morgan fingerprint density at radius 3 is 1.28 bits per heavy atom. The highest BCUT2D eigenvalue weighted by Crippen LogP contribution is 2.36. The molecule has 6 aromatic heterocycles. The summed E-state index contributed by atoms with van der Waals surface area (Å²) in [7, 11) is 1.87. The smallest absolute Gasteiger partial charge is 0.245 e. The number of hydrogen-bond donors (Lipinski definition) is 8. The summed E-state index contributed by atoms with van der Waals surface area (Å²) in [6.07, 6.45) is 27.2. The van der Waals surface area contributed by atoms with Gasteiger partial charge in [-0.1, -0.05) is 44.9 Å². The SMILES string of the molecule is CC(C)NC(C)C1CCN(c2ncc(-c3ccc(-c4cn[nH]c4)cc3O)nn2)C1.Cn1cc(-c2ccc(-c3cnc(N4CCC(CNC5CCC5)C4)nn3)c(O)c2)cn1.Oc1cc(-c2cn[nH]c2)ccc1-c1cnc(N2CCC(CNC3CCC3)C2)nn1. The lowest BCUT2D eigenvalue weighted by atomic mass is 9.92. The number of aromatic amines is 2.